The number of imidazole rings is 1. The van der Waals surface area contributed by atoms with Gasteiger partial charge >= 0.3 is 5.97 Å². The van der Waals surface area contributed by atoms with Crippen molar-refractivity contribution in [3.63, 3.8) is 0 Å². The minimum Gasteiger partial charge on any atom is -0.478 e. The van der Waals surface area contributed by atoms with Gasteiger partial charge in [0.05, 0.1) is 17.6 Å². The molecule has 0 bridgehead atoms. The number of benzene rings is 1. The molecule has 2 rings (SSSR count). The van der Waals surface area contributed by atoms with E-state index in [9.17, 15) is 4.79 Å². The molecule has 0 spiro atoms. The summed E-state index contributed by atoms with van der Waals surface area (Å²) >= 11 is 0. The van der Waals surface area contributed by atoms with E-state index in [1.54, 1.807) is 24.7 Å². The van der Waals surface area contributed by atoms with Crippen LogP contribution in [-0.2, 0) is 6.54 Å². The Hall–Kier alpha value is -2.50. The number of anilines is 2. The zero-order chi connectivity index (χ0) is 13.0. The van der Waals surface area contributed by atoms with E-state index in [1.165, 1.54) is 6.07 Å². The second-order valence-electron chi connectivity index (χ2n) is 3.84. The molecule has 0 amide bonds. The molecule has 0 radical (unpaired) electrons. The Bertz CT molecular complexity index is 537. The van der Waals surface area contributed by atoms with Crippen LogP contribution in [0.4, 0.5) is 11.4 Å². The van der Waals surface area contributed by atoms with Crippen LogP contribution >= 0.6 is 0 Å². The average Bonchev–Trinajstić information content (AvgIpc) is 2.82. The first kappa shape index (κ1) is 12.0. The Balaban J connectivity index is 2.03. The molecule has 0 unspecified atom stereocenters. The summed E-state index contributed by atoms with van der Waals surface area (Å²) in [4.78, 5) is 15.0. The zero-order valence-electron chi connectivity index (χ0n) is 9.71. The first-order valence-corrected chi connectivity index (χ1v) is 5.49. The van der Waals surface area contributed by atoms with Crippen molar-refractivity contribution in [3.8, 4) is 0 Å². The van der Waals surface area contributed by atoms with Crippen LogP contribution in [0.25, 0.3) is 0 Å². The topological polar surface area (TPSA) is 93.2 Å². The highest BCUT2D eigenvalue weighted by atomic mass is 16.4. The number of aromatic carboxylic acids is 1. The van der Waals surface area contributed by atoms with Crippen molar-refractivity contribution < 1.29 is 9.90 Å². The number of nitrogens with one attached hydrogen (secondary N) is 1. The summed E-state index contributed by atoms with van der Waals surface area (Å²) in [5, 5.41) is 12.1. The third-order valence-corrected chi connectivity index (χ3v) is 2.52. The SMILES string of the molecule is Nc1ccc(C(=O)O)c(NCCn2ccnc2)c1. The Morgan fingerprint density at radius 2 is 2.33 bits per heavy atom. The van der Waals surface area contributed by atoms with Crippen molar-refractivity contribution in [3.05, 3.63) is 42.5 Å². The molecule has 0 aliphatic rings. The first-order valence-electron chi connectivity index (χ1n) is 5.49. The van der Waals surface area contributed by atoms with Crippen molar-refractivity contribution in [1.82, 2.24) is 9.55 Å². The summed E-state index contributed by atoms with van der Waals surface area (Å²) in [5.41, 5.74) is 6.93. The molecule has 0 saturated carbocycles. The summed E-state index contributed by atoms with van der Waals surface area (Å²) in [6.45, 7) is 1.30. The van der Waals surface area contributed by atoms with Crippen LogP contribution < -0.4 is 11.1 Å². The number of carboxylic acid groups (broad SMARTS) is 1. The Morgan fingerprint density at radius 1 is 1.50 bits per heavy atom. The van der Waals surface area contributed by atoms with Gasteiger partial charge in [0.25, 0.3) is 0 Å². The number of hydrogen-bond donors (Lipinski definition) is 3. The van der Waals surface area contributed by atoms with Gasteiger partial charge in [-0.05, 0) is 18.2 Å². The lowest BCUT2D eigenvalue weighted by Gasteiger charge is -2.10. The first-order chi connectivity index (χ1) is 8.66. The van der Waals surface area contributed by atoms with Gasteiger partial charge < -0.3 is 20.7 Å². The molecule has 0 atom stereocenters. The van der Waals surface area contributed by atoms with Crippen molar-refractivity contribution in [2.75, 3.05) is 17.6 Å². The number of rotatable bonds is 5. The van der Waals surface area contributed by atoms with Gasteiger partial charge in [0.2, 0.25) is 0 Å². The van der Waals surface area contributed by atoms with Gasteiger partial charge in [-0.15, -0.1) is 0 Å². The van der Waals surface area contributed by atoms with Gasteiger partial charge in [0.1, 0.15) is 0 Å². The maximum atomic E-state index is 11.0. The van der Waals surface area contributed by atoms with Crippen molar-refractivity contribution in [2.45, 2.75) is 6.54 Å². The number of carbonyl (C=O) groups is 1. The van der Waals surface area contributed by atoms with E-state index < -0.39 is 5.97 Å². The van der Waals surface area contributed by atoms with Crippen LogP contribution in [0.1, 0.15) is 10.4 Å². The molecule has 6 heteroatoms. The van der Waals surface area contributed by atoms with Crippen LogP contribution in [0.2, 0.25) is 0 Å². The fourth-order valence-corrected chi connectivity index (χ4v) is 1.63. The van der Waals surface area contributed by atoms with Crippen LogP contribution in [0.3, 0.4) is 0 Å². The second kappa shape index (κ2) is 5.22. The van der Waals surface area contributed by atoms with E-state index in [0.717, 1.165) is 0 Å². The van der Waals surface area contributed by atoms with Crippen LogP contribution in [0, 0.1) is 0 Å². The van der Waals surface area contributed by atoms with Crippen LogP contribution in [0.15, 0.2) is 36.9 Å². The minimum absolute atomic E-state index is 0.217. The van der Waals surface area contributed by atoms with Gasteiger partial charge in [-0.2, -0.15) is 0 Å². The highest BCUT2D eigenvalue weighted by Crippen LogP contribution is 2.19. The Kier molecular flexibility index (Phi) is 3.47. The van der Waals surface area contributed by atoms with E-state index in [-0.39, 0.29) is 5.56 Å². The molecule has 1 aromatic heterocycles. The molecule has 1 aromatic carbocycles. The molecule has 0 fully saturated rings. The molecule has 0 aliphatic carbocycles. The lowest BCUT2D eigenvalue weighted by molar-refractivity contribution is 0.0698. The van der Waals surface area contributed by atoms with Gasteiger partial charge in [0, 0.05) is 31.2 Å². The maximum absolute atomic E-state index is 11.0. The molecule has 2 aromatic rings. The molecular weight excluding hydrogens is 232 g/mol. The highest BCUT2D eigenvalue weighted by Gasteiger charge is 2.09. The molecule has 94 valence electrons. The molecule has 0 saturated heterocycles. The predicted octanol–water partition coefficient (Wildman–Crippen LogP) is 1.28. The van der Waals surface area contributed by atoms with Gasteiger partial charge in [-0.1, -0.05) is 0 Å². The number of hydrogen-bond acceptors (Lipinski definition) is 4. The van der Waals surface area contributed by atoms with Crippen molar-refractivity contribution >= 4 is 17.3 Å². The number of carboxylic acids is 1. The summed E-state index contributed by atoms with van der Waals surface area (Å²) in [6.07, 6.45) is 5.25. The quantitative estimate of drug-likeness (QED) is 0.691. The summed E-state index contributed by atoms with van der Waals surface area (Å²) in [7, 11) is 0. The standard InChI is InChI=1S/C12H14N4O2/c13-9-1-2-10(12(17)18)11(7-9)15-4-6-16-5-3-14-8-16/h1-3,5,7-8,15H,4,6,13H2,(H,17,18). The number of aromatic nitrogens is 2. The third-order valence-electron chi connectivity index (χ3n) is 2.52. The van der Waals surface area contributed by atoms with E-state index >= 15 is 0 Å². The molecule has 18 heavy (non-hydrogen) atoms. The molecular formula is C12H14N4O2. The monoisotopic (exact) mass is 246 g/mol. The normalized spacial score (nSPS) is 10.2. The average molecular weight is 246 g/mol. The van der Waals surface area contributed by atoms with E-state index in [4.69, 9.17) is 10.8 Å². The molecule has 4 N–H and O–H groups in total. The second-order valence-corrected chi connectivity index (χ2v) is 3.84. The smallest absolute Gasteiger partial charge is 0.337 e. The molecule has 0 aliphatic heterocycles. The summed E-state index contributed by atoms with van der Waals surface area (Å²) in [6, 6.07) is 4.69. The van der Waals surface area contributed by atoms with E-state index in [0.29, 0.717) is 24.5 Å². The zero-order valence-corrected chi connectivity index (χ0v) is 9.71. The predicted molar refractivity (Wildman–Crippen MR) is 68.5 cm³/mol. The fraction of sp³-hybridized carbons (Fsp3) is 0.167. The molecule has 1 heterocycles. The summed E-state index contributed by atoms with van der Waals surface area (Å²) in [5.74, 6) is -0.972. The molecule has 6 nitrogen and oxygen atoms in total. The van der Waals surface area contributed by atoms with Crippen LogP contribution in [-0.4, -0.2) is 27.2 Å². The van der Waals surface area contributed by atoms with Crippen LogP contribution in [0.5, 0.6) is 0 Å². The third kappa shape index (κ3) is 2.79. The number of nitrogens with two attached hydrogens (primary N) is 1. The lowest BCUT2D eigenvalue weighted by Crippen LogP contribution is -2.12. The lowest BCUT2D eigenvalue weighted by atomic mass is 10.1. The largest absolute Gasteiger partial charge is 0.478 e. The number of nitrogens with zero attached hydrogens (tertiary/aromatic N) is 2. The summed E-state index contributed by atoms with van der Waals surface area (Å²) < 4.78 is 1.90. The van der Waals surface area contributed by atoms with E-state index in [2.05, 4.69) is 10.3 Å². The van der Waals surface area contributed by atoms with Crippen molar-refractivity contribution in [2.24, 2.45) is 0 Å². The Labute approximate surface area is 104 Å². The van der Waals surface area contributed by atoms with Crippen molar-refractivity contribution in [1.29, 1.82) is 0 Å². The number of nitrogen functional groups attached to an aromatic ring is 1. The Morgan fingerprint density at radius 3 is 3.00 bits per heavy atom. The fourth-order valence-electron chi connectivity index (χ4n) is 1.63. The maximum Gasteiger partial charge on any atom is 0.337 e. The van der Waals surface area contributed by atoms with Gasteiger partial charge in [0.15, 0.2) is 0 Å². The van der Waals surface area contributed by atoms with Gasteiger partial charge in [-0.25, -0.2) is 9.78 Å². The highest BCUT2D eigenvalue weighted by molar-refractivity contribution is 5.95. The van der Waals surface area contributed by atoms with E-state index in [1.807, 2.05) is 10.8 Å². The van der Waals surface area contributed by atoms with Gasteiger partial charge in [-0.3, -0.25) is 0 Å². The minimum atomic E-state index is -0.972.